The molecule has 1 fully saturated rings. The molecule has 3 rings (SSSR count). The first kappa shape index (κ1) is 10.7. The Kier molecular flexibility index (Phi) is 2.39. The van der Waals surface area contributed by atoms with Gasteiger partial charge in [-0.1, -0.05) is 12.1 Å². The first-order valence-electron chi connectivity index (χ1n) is 5.73. The molecule has 5 nitrogen and oxygen atoms in total. The maximum Gasteiger partial charge on any atom is 0.127 e. The summed E-state index contributed by atoms with van der Waals surface area (Å²) in [6, 6.07) is 7.22. The first-order chi connectivity index (χ1) is 8.16. The zero-order chi connectivity index (χ0) is 12.0. The van der Waals surface area contributed by atoms with E-state index in [9.17, 15) is 10.2 Å². The Morgan fingerprint density at radius 3 is 2.59 bits per heavy atom. The highest BCUT2D eigenvalue weighted by Gasteiger charge is 2.40. The Morgan fingerprint density at radius 2 is 1.94 bits per heavy atom. The number of H-pyrrole nitrogens is 1. The van der Waals surface area contributed by atoms with Crippen LogP contribution in [0.15, 0.2) is 24.3 Å². The van der Waals surface area contributed by atoms with E-state index < -0.39 is 12.2 Å². The number of fused-ring (bicyclic) bond motifs is 1. The van der Waals surface area contributed by atoms with Gasteiger partial charge in [0.2, 0.25) is 0 Å². The lowest BCUT2D eigenvalue weighted by Crippen LogP contribution is -2.29. The molecule has 0 amide bonds. The number of rotatable bonds is 1. The van der Waals surface area contributed by atoms with Crippen LogP contribution in [0, 0.1) is 0 Å². The summed E-state index contributed by atoms with van der Waals surface area (Å²) in [5, 5.41) is 22.8. The number of imidazole rings is 1. The third kappa shape index (κ3) is 1.63. The van der Waals surface area contributed by atoms with Crippen molar-refractivity contribution >= 4 is 11.0 Å². The highest BCUT2D eigenvalue weighted by Crippen LogP contribution is 2.27. The van der Waals surface area contributed by atoms with Crippen molar-refractivity contribution in [3.63, 3.8) is 0 Å². The van der Waals surface area contributed by atoms with Crippen molar-refractivity contribution in [1.82, 2.24) is 15.3 Å². The number of aliphatic hydroxyl groups excluding tert-OH is 2. The summed E-state index contributed by atoms with van der Waals surface area (Å²) in [6.07, 6.45) is -1.58. The fourth-order valence-electron chi connectivity index (χ4n) is 2.33. The number of aromatic nitrogens is 2. The molecule has 0 aliphatic carbocycles. The lowest BCUT2D eigenvalue weighted by Gasteiger charge is -2.12. The second-order valence-electron chi connectivity index (χ2n) is 4.55. The minimum Gasteiger partial charge on any atom is -0.389 e. The van der Waals surface area contributed by atoms with Gasteiger partial charge in [0.1, 0.15) is 11.9 Å². The lowest BCUT2D eigenvalue weighted by atomic mass is 10.1. The Labute approximate surface area is 98.5 Å². The molecule has 1 aromatic carbocycles. The Balaban J connectivity index is 1.99. The van der Waals surface area contributed by atoms with Gasteiger partial charge in [0.05, 0.1) is 23.2 Å². The molecule has 0 radical (unpaired) electrons. The number of hydrogen-bond donors (Lipinski definition) is 4. The van der Waals surface area contributed by atoms with Crippen molar-refractivity contribution in [2.24, 2.45) is 0 Å². The lowest BCUT2D eigenvalue weighted by molar-refractivity contribution is 0.0291. The number of aromatic amines is 1. The standard InChI is InChI=1S/C12H15N3O2/c1-6-10(16)11(17)9(13-6)12-14-7-4-2-3-5-8(7)15-12/h2-6,9-11,13,16-17H,1H3,(H,14,15)/t6-,9-,10-,11+/m1/s1. The Morgan fingerprint density at radius 1 is 1.18 bits per heavy atom. The molecule has 0 spiro atoms. The third-order valence-electron chi connectivity index (χ3n) is 3.35. The van der Waals surface area contributed by atoms with E-state index in [0.29, 0.717) is 5.82 Å². The highest BCUT2D eigenvalue weighted by molar-refractivity contribution is 5.74. The van der Waals surface area contributed by atoms with Crippen LogP contribution in [0.25, 0.3) is 11.0 Å². The van der Waals surface area contributed by atoms with Crippen molar-refractivity contribution in [2.45, 2.75) is 31.2 Å². The molecule has 4 N–H and O–H groups in total. The summed E-state index contributed by atoms with van der Waals surface area (Å²) < 4.78 is 0. The number of aliphatic hydroxyl groups is 2. The molecule has 2 heterocycles. The molecule has 5 heteroatoms. The van der Waals surface area contributed by atoms with Crippen LogP contribution in [0.4, 0.5) is 0 Å². The van der Waals surface area contributed by atoms with Crippen LogP contribution in [0.1, 0.15) is 18.8 Å². The summed E-state index contributed by atoms with van der Waals surface area (Å²) in [6.45, 7) is 1.84. The second-order valence-corrected chi connectivity index (χ2v) is 4.55. The van der Waals surface area contributed by atoms with Gasteiger partial charge in [-0.2, -0.15) is 0 Å². The van der Waals surface area contributed by atoms with Crippen LogP contribution in [0.2, 0.25) is 0 Å². The topological polar surface area (TPSA) is 81.2 Å². The van der Waals surface area contributed by atoms with Crippen LogP contribution in [0.5, 0.6) is 0 Å². The monoisotopic (exact) mass is 233 g/mol. The van der Waals surface area contributed by atoms with E-state index >= 15 is 0 Å². The van der Waals surface area contributed by atoms with Gasteiger partial charge in [0.25, 0.3) is 0 Å². The van der Waals surface area contributed by atoms with Gasteiger partial charge >= 0.3 is 0 Å². The Bertz CT molecular complexity index is 506. The van der Waals surface area contributed by atoms with E-state index in [2.05, 4.69) is 15.3 Å². The third-order valence-corrected chi connectivity index (χ3v) is 3.35. The molecule has 2 aromatic rings. The number of para-hydroxylation sites is 2. The van der Waals surface area contributed by atoms with E-state index in [0.717, 1.165) is 11.0 Å². The quantitative estimate of drug-likeness (QED) is 0.571. The van der Waals surface area contributed by atoms with Gasteiger partial charge in [-0.15, -0.1) is 0 Å². The normalized spacial score (nSPS) is 33.4. The van der Waals surface area contributed by atoms with Crippen molar-refractivity contribution in [2.75, 3.05) is 0 Å². The summed E-state index contributed by atoms with van der Waals surface area (Å²) in [5.74, 6) is 0.669. The molecule has 4 atom stereocenters. The average molecular weight is 233 g/mol. The van der Waals surface area contributed by atoms with E-state index in [-0.39, 0.29) is 12.1 Å². The van der Waals surface area contributed by atoms with E-state index in [4.69, 9.17) is 0 Å². The number of nitrogens with zero attached hydrogens (tertiary/aromatic N) is 1. The summed E-state index contributed by atoms with van der Waals surface area (Å²) in [7, 11) is 0. The molecule has 0 bridgehead atoms. The summed E-state index contributed by atoms with van der Waals surface area (Å²) >= 11 is 0. The molecule has 1 aliphatic rings. The summed E-state index contributed by atoms with van der Waals surface area (Å²) in [5.41, 5.74) is 1.80. The Hall–Kier alpha value is -1.43. The van der Waals surface area contributed by atoms with E-state index in [1.54, 1.807) is 0 Å². The van der Waals surface area contributed by atoms with Gasteiger partial charge in [-0.25, -0.2) is 4.98 Å². The van der Waals surface area contributed by atoms with Gasteiger partial charge in [-0.05, 0) is 19.1 Å². The molecule has 0 saturated carbocycles. The molecule has 1 saturated heterocycles. The zero-order valence-electron chi connectivity index (χ0n) is 9.46. The first-order valence-corrected chi connectivity index (χ1v) is 5.73. The fourth-order valence-corrected chi connectivity index (χ4v) is 2.33. The SMILES string of the molecule is C[C@H]1N[C@@H](c2nc3ccccc3[nH]2)[C@H](O)[C@@H]1O. The van der Waals surface area contributed by atoms with E-state index in [1.165, 1.54) is 0 Å². The van der Waals surface area contributed by atoms with Crippen LogP contribution in [-0.4, -0.2) is 38.4 Å². The zero-order valence-corrected chi connectivity index (χ0v) is 9.46. The largest absolute Gasteiger partial charge is 0.389 e. The number of nitrogens with one attached hydrogen (secondary N) is 2. The second kappa shape index (κ2) is 3.80. The van der Waals surface area contributed by atoms with Crippen LogP contribution >= 0.6 is 0 Å². The van der Waals surface area contributed by atoms with Crippen molar-refractivity contribution < 1.29 is 10.2 Å². The van der Waals surface area contributed by atoms with Gasteiger partial charge in [-0.3, -0.25) is 5.32 Å². The molecule has 1 aliphatic heterocycles. The molecular formula is C12H15N3O2. The van der Waals surface area contributed by atoms with Crippen molar-refractivity contribution in [3.05, 3.63) is 30.1 Å². The van der Waals surface area contributed by atoms with E-state index in [1.807, 2.05) is 31.2 Å². The van der Waals surface area contributed by atoms with Crippen LogP contribution in [-0.2, 0) is 0 Å². The minimum atomic E-state index is -0.828. The fraction of sp³-hybridized carbons (Fsp3) is 0.417. The highest BCUT2D eigenvalue weighted by atomic mass is 16.3. The predicted octanol–water partition coefficient (Wildman–Crippen LogP) is 0.317. The maximum absolute atomic E-state index is 9.93. The van der Waals surface area contributed by atoms with Crippen molar-refractivity contribution in [3.8, 4) is 0 Å². The van der Waals surface area contributed by atoms with Crippen LogP contribution in [0.3, 0.4) is 0 Å². The molecule has 90 valence electrons. The van der Waals surface area contributed by atoms with Crippen LogP contribution < -0.4 is 5.32 Å². The average Bonchev–Trinajstić information content (AvgIpc) is 2.86. The number of hydrogen-bond acceptors (Lipinski definition) is 4. The number of benzene rings is 1. The van der Waals surface area contributed by atoms with Crippen molar-refractivity contribution in [1.29, 1.82) is 0 Å². The maximum atomic E-state index is 9.93. The predicted molar refractivity (Wildman–Crippen MR) is 63.4 cm³/mol. The van der Waals surface area contributed by atoms with Gasteiger partial charge in [0, 0.05) is 6.04 Å². The van der Waals surface area contributed by atoms with Gasteiger partial charge < -0.3 is 15.2 Å². The molecule has 0 unspecified atom stereocenters. The molecule has 1 aromatic heterocycles. The molecular weight excluding hydrogens is 218 g/mol. The van der Waals surface area contributed by atoms with Gasteiger partial charge in [0.15, 0.2) is 0 Å². The molecule has 17 heavy (non-hydrogen) atoms. The minimum absolute atomic E-state index is 0.136. The summed E-state index contributed by atoms with van der Waals surface area (Å²) in [4.78, 5) is 7.59. The smallest absolute Gasteiger partial charge is 0.127 e.